The summed E-state index contributed by atoms with van der Waals surface area (Å²) in [4.78, 5) is 22.2. The van der Waals surface area contributed by atoms with Gasteiger partial charge in [-0.2, -0.15) is 0 Å². The minimum absolute atomic E-state index is 0.00640. The van der Waals surface area contributed by atoms with Crippen LogP contribution >= 0.6 is 0 Å². The Morgan fingerprint density at radius 3 is 2.96 bits per heavy atom. The number of morpholine rings is 1. The summed E-state index contributed by atoms with van der Waals surface area (Å²) in [5.41, 5.74) is 1.61. The first-order valence-electron chi connectivity index (χ1n) is 7.73. The molecule has 0 bridgehead atoms. The second-order valence-electron chi connectivity index (χ2n) is 5.51. The number of hydrogen-bond donors (Lipinski definition) is 1. The van der Waals surface area contributed by atoms with Crippen molar-refractivity contribution in [2.75, 3.05) is 26.2 Å². The first-order chi connectivity index (χ1) is 11.3. The lowest BCUT2D eigenvalue weighted by molar-refractivity contribution is -0.0292. The maximum atomic E-state index is 12.0. The van der Waals surface area contributed by atoms with Crippen LogP contribution in [0.2, 0.25) is 0 Å². The van der Waals surface area contributed by atoms with Crippen LogP contribution in [0.4, 0.5) is 0 Å². The Morgan fingerprint density at radius 2 is 2.17 bits per heavy atom. The van der Waals surface area contributed by atoms with Crippen molar-refractivity contribution in [1.29, 1.82) is 0 Å². The number of aromatic nitrogens is 2. The van der Waals surface area contributed by atoms with Crippen molar-refractivity contribution in [3.05, 3.63) is 60.2 Å². The molecule has 1 aromatic carbocycles. The zero-order valence-corrected chi connectivity index (χ0v) is 12.9. The first kappa shape index (κ1) is 15.6. The van der Waals surface area contributed by atoms with Gasteiger partial charge in [-0.25, -0.2) is 4.98 Å². The SMILES string of the molecule is O=C(NC[C@@H]1CN(Cc2ccccc2)CCO1)c1cnccn1. The Balaban J connectivity index is 1.48. The van der Waals surface area contributed by atoms with E-state index < -0.39 is 0 Å². The third-order valence-electron chi connectivity index (χ3n) is 3.76. The summed E-state index contributed by atoms with van der Waals surface area (Å²) in [6, 6.07) is 10.4. The number of hydrogen-bond acceptors (Lipinski definition) is 5. The molecule has 1 saturated heterocycles. The van der Waals surface area contributed by atoms with Gasteiger partial charge in [-0.1, -0.05) is 30.3 Å². The van der Waals surface area contributed by atoms with Crippen molar-refractivity contribution in [1.82, 2.24) is 20.2 Å². The molecule has 1 N–H and O–H groups in total. The second-order valence-corrected chi connectivity index (χ2v) is 5.51. The summed E-state index contributed by atoms with van der Waals surface area (Å²) in [5.74, 6) is -0.220. The third kappa shape index (κ3) is 4.58. The van der Waals surface area contributed by atoms with Crippen LogP contribution < -0.4 is 5.32 Å². The lowest BCUT2D eigenvalue weighted by Crippen LogP contribution is -2.47. The molecule has 1 atom stereocenters. The van der Waals surface area contributed by atoms with E-state index in [1.54, 1.807) is 6.20 Å². The number of amides is 1. The van der Waals surface area contributed by atoms with Crippen LogP contribution in [0.5, 0.6) is 0 Å². The molecule has 1 fully saturated rings. The van der Waals surface area contributed by atoms with Gasteiger partial charge in [-0.05, 0) is 5.56 Å². The van der Waals surface area contributed by atoms with Gasteiger partial charge in [-0.3, -0.25) is 14.7 Å². The van der Waals surface area contributed by atoms with Crippen molar-refractivity contribution in [2.24, 2.45) is 0 Å². The molecular weight excluding hydrogens is 292 g/mol. The van der Waals surface area contributed by atoms with Crippen LogP contribution in [0.1, 0.15) is 16.1 Å². The highest BCUT2D eigenvalue weighted by molar-refractivity contribution is 5.91. The molecule has 1 aliphatic heterocycles. The van der Waals surface area contributed by atoms with Crippen LogP contribution in [-0.2, 0) is 11.3 Å². The maximum absolute atomic E-state index is 12.0. The van der Waals surface area contributed by atoms with E-state index in [-0.39, 0.29) is 12.0 Å². The number of carbonyl (C=O) groups excluding carboxylic acids is 1. The summed E-state index contributed by atoms with van der Waals surface area (Å²) in [5, 5.41) is 2.86. The summed E-state index contributed by atoms with van der Waals surface area (Å²) >= 11 is 0. The van der Waals surface area contributed by atoms with Crippen LogP contribution in [-0.4, -0.2) is 53.1 Å². The molecule has 0 unspecified atom stereocenters. The third-order valence-corrected chi connectivity index (χ3v) is 3.76. The van der Waals surface area contributed by atoms with Gasteiger partial charge in [0.1, 0.15) is 5.69 Å². The van der Waals surface area contributed by atoms with Crippen LogP contribution in [0.15, 0.2) is 48.9 Å². The minimum Gasteiger partial charge on any atom is -0.374 e. The molecule has 2 heterocycles. The predicted molar refractivity (Wildman–Crippen MR) is 85.8 cm³/mol. The maximum Gasteiger partial charge on any atom is 0.271 e. The van der Waals surface area contributed by atoms with Crippen LogP contribution in [0.3, 0.4) is 0 Å². The highest BCUT2D eigenvalue weighted by Crippen LogP contribution is 2.10. The summed E-state index contributed by atoms with van der Waals surface area (Å²) in [7, 11) is 0. The molecule has 6 nitrogen and oxygen atoms in total. The molecule has 1 aliphatic rings. The molecule has 120 valence electrons. The largest absolute Gasteiger partial charge is 0.374 e. The van der Waals surface area contributed by atoms with Crippen LogP contribution in [0, 0.1) is 0 Å². The molecule has 6 heteroatoms. The number of carbonyl (C=O) groups is 1. The standard InChI is InChI=1S/C17H20N4O2/c22-17(16-11-18-6-7-19-16)20-10-15-13-21(8-9-23-15)12-14-4-2-1-3-5-14/h1-7,11,15H,8-10,12-13H2,(H,20,22)/t15-/m1/s1. The van der Waals surface area contributed by atoms with E-state index >= 15 is 0 Å². The Labute approximate surface area is 135 Å². The number of benzene rings is 1. The van der Waals surface area contributed by atoms with E-state index in [4.69, 9.17) is 4.74 Å². The Hall–Kier alpha value is -2.31. The van der Waals surface area contributed by atoms with E-state index in [0.29, 0.717) is 18.8 Å². The Bertz CT molecular complexity index is 621. The van der Waals surface area contributed by atoms with Gasteiger partial charge in [-0.15, -0.1) is 0 Å². The molecular formula is C17H20N4O2. The second kappa shape index (κ2) is 7.80. The summed E-state index contributed by atoms with van der Waals surface area (Å²) < 4.78 is 5.74. The lowest BCUT2D eigenvalue weighted by atomic mass is 10.2. The summed E-state index contributed by atoms with van der Waals surface area (Å²) in [6.45, 7) is 3.76. The first-order valence-corrected chi connectivity index (χ1v) is 7.73. The number of rotatable bonds is 5. The highest BCUT2D eigenvalue weighted by atomic mass is 16.5. The van der Waals surface area contributed by atoms with Gasteiger partial charge in [0.05, 0.1) is 18.9 Å². The van der Waals surface area contributed by atoms with Gasteiger partial charge in [0.2, 0.25) is 0 Å². The minimum atomic E-state index is -0.220. The molecule has 2 aromatic rings. The molecule has 0 radical (unpaired) electrons. The highest BCUT2D eigenvalue weighted by Gasteiger charge is 2.21. The Kier molecular flexibility index (Phi) is 5.29. The number of nitrogens with one attached hydrogen (secondary N) is 1. The van der Waals surface area contributed by atoms with Gasteiger partial charge >= 0.3 is 0 Å². The van der Waals surface area contributed by atoms with E-state index in [2.05, 4.69) is 32.3 Å². The summed E-state index contributed by atoms with van der Waals surface area (Å²) in [6.07, 6.45) is 4.50. The molecule has 0 spiro atoms. The van der Waals surface area contributed by atoms with E-state index in [1.165, 1.54) is 18.0 Å². The topological polar surface area (TPSA) is 67.4 Å². The van der Waals surface area contributed by atoms with Crippen LogP contribution in [0.25, 0.3) is 0 Å². The van der Waals surface area contributed by atoms with E-state index in [0.717, 1.165) is 19.6 Å². The normalized spacial score (nSPS) is 18.5. The smallest absolute Gasteiger partial charge is 0.271 e. The number of ether oxygens (including phenoxy) is 1. The zero-order valence-electron chi connectivity index (χ0n) is 12.9. The van der Waals surface area contributed by atoms with E-state index in [1.807, 2.05) is 18.2 Å². The number of nitrogens with zero attached hydrogens (tertiary/aromatic N) is 3. The van der Waals surface area contributed by atoms with Gasteiger partial charge in [0, 0.05) is 38.6 Å². The fourth-order valence-corrected chi connectivity index (χ4v) is 2.60. The van der Waals surface area contributed by atoms with Gasteiger partial charge in [0.25, 0.3) is 5.91 Å². The van der Waals surface area contributed by atoms with Gasteiger partial charge < -0.3 is 10.1 Å². The average Bonchev–Trinajstić information content (AvgIpc) is 2.62. The molecule has 23 heavy (non-hydrogen) atoms. The predicted octanol–water partition coefficient (Wildman–Crippen LogP) is 1.11. The zero-order chi connectivity index (χ0) is 15.9. The molecule has 1 aromatic heterocycles. The monoisotopic (exact) mass is 312 g/mol. The van der Waals surface area contributed by atoms with Crippen molar-refractivity contribution < 1.29 is 9.53 Å². The fourth-order valence-electron chi connectivity index (χ4n) is 2.60. The van der Waals surface area contributed by atoms with Crippen molar-refractivity contribution in [2.45, 2.75) is 12.6 Å². The van der Waals surface area contributed by atoms with Crippen molar-refractivity contribution >= 4 is 5.91 Å². The fraction of sp³-hybridized carbons (Fsp3) is 0.353. The molecule has 0 aliphatic carbocycles. The van der Waals surface area contributed by atoms with Crippen molar-refractivity contribution in [3.63, 3.8) is 0 Å². The van der Waals surface area contributed by atoms with E-state index in [9.17, 15) is 4.79 Å². The molecule has 1 amide bonds. The quantitative estimate of drug-likeness (QED) is 0.896. The van der Waals surface area contributed by atoms with Gasteiger partial charge in [0.15, 0.2) is 0 Å². The Morgan fingerprint density at radius 1 is 1.30 bits per heavy atom. The molecule has 3 rings (SSSR count). The molecule has 0 saturated carbocycles. The average molecular weight is 312 g/mol. The van der Waals surface area contributed by atoms with Crippen molar-refractivity contribution in [3.8, 4) is 0 Å². The lowest BCUT2D eigenvalue weighted by Gasteiger charge is -2.33.